The average molecular weight is 242 g/mol. The van der Waals surface area contributed by atoms with Crippen LogP contribution in [-0.2, 0) is 10.6 Å². The summed E-state index contributed by atoms with van der Waals surface area (Å²) in [4.78, 5) is 0. The summed E-state index contributed by atoms with van der Waals surface area (Å²) in [5.41, 5.74) is 2.26. The third-order valence-corrected chi connectivity index (χ3v) is 3.81. The lowest BCUT2D eigenvalue weighted by Gasteiger charge is -2.20. The summed E-state index contributed by atoms with van der Waals surface area (Å²) >= 11 is 6.04. The number of nitrogens with zero attached hydrogens (tertiary/aromatic N) is 1. The van der Waals surface area contributed by atoms with Crippen molar-refractivity contribution in [3.8, 4) is 0 Å². The Balaban J connectivity index is 1.87. The second kappa shape index (κ2) is 4.38. The molecule has 1 aromatic heterocycles. The molecule has 1 saturated heterocycles. The first-order valence-corrected chi connectivity index (χ1v) is 6.55. The molecule has 0 amide bonds. The van der Waals surface area contributed by atoms with Crippen LogP contribution in [0.3, 0.4) is 0 Å². The minimum atomic E-state index is 0.485. The molecule has 1 aliphatic heterocycles. The second-order valence-corrected chi connectivity index (χ2v) is 4.97. The lowest BCUT2D eigenvalue weighted by molar-refractivity contribution is 0.0836. The molecule has 4 heteroatoms. The Morgan fingerprint density at radius 3 is 2.50 bits per heavy atom. The molecule has 3 rings (SSSR count). The number of halogens is 1. The predicted octanol–water partition coefficient (Wildman–Crippen LogP) is 3.18. The molecule has 1 aliphatic carbocycles. The molecule has 16 heavy (non-hydrogen) atoms. The third kappa shape index (κ3) is 1.87. The van der Waals surface area contributed by atoms with Crippen LogP contribution in [0.15, 0.2) is 4.52 Å². The summed E-state index contributed by atoms with van der Waals surface area (Å²) in [6, 6.07) is 0. The van der Waals surface area contributed by atoms with Crippen LogP contribution >= 0.6 is 11.6 Å². The summed E-state index contributed by atoms with van der Waals surface area (Å²) in [5, 5.41) is 4.26. The maximum absolute atomic E-state index is 6.04. The number of hydrogen-bond donors (Lipinski definition) is 0. The van der Waals surface area contributed by atoms with Crippen LogP contribution < -0.4 is 0 Å². The van der Waals surface area contributed by atoms with E-state index in [0.29, 0.717) is 17.7 Å². The third-order valence-electron chi connectivity index (χ3n) is 3.54. The quantitative estimate of drug-likeness (QED) is 0.763. The first-order chi connectivity index (χ1) is 7.90. The minimum Gasteiger partial charge on any atom is -0.381 e. The number of hydrogen-bond acceptors (Lipinski definition) is 3. The molecule has 2 aliphatic rings. The summed E-state index contributed by atoms with van der Waals surface area (Å²) in [7, 11) is 0. The zero-order valence-electron chi connectivity index (χ0n) is 9.25. The smallest absolute Gasteiger partial charge is 0.144 e. The Kier molecular flexibility index (Phi) is 2.90. The molecule has 88 valence electrons. The van der Waals surface area contributed by atoms with E-state index in [9.17, 15) is 0 Å². The van der Waals surface area contributed by atoms with Gasteiger partial charge in [-0.2, -0.15) is 0 Å². The summed E-state index contributed by atoms with van der Waals surface area (Å²) in [5.74, 6) is 2.66. The average Bonchev–Trinajstić information content (AvgIpc) is 3.09. The Morgan fingerprint density at radius 2 is 1.88 bits per heavy atom. The standard InChI is InChI=1S/C12H16ClNO2/c13-7-10-11(8-3-5-15-6-4-8)14-16-12(10)9-1-2-9/h8-9H,1-7H2. The number of ether oxygens (including phenoxy) is 1. The summed E-state index contributed by atoms with van der Waals surface area (Å²) in [6.07, 6.45) is 4.54. The maximum Gasteiger partial charge on any atom is 0.144 e. The van der Waals surface area contributed by atoms with Crippen molar-refractivity contribution in [2.45, 2.75) is 43.4 Å². The molecular weight excluding hydrogens is 226 g/mol. The molecule has 3 nitrogen and oxygen atoms in total. The van der Waals surface area contributed by atoms with E-state index in [1.54, 1.807) is 0 Å². The Bertz CT molecular complexity index is 367. The van der Waals surface area contributed by atoms with E-state index in [-0.39, 0.29) is 0 Å². The highest BCUT2D eigenvalue weighted by Gasteiger charge is 2.33. The van der Waals surface area contributed by atoms with Crippen molar-refractivity contribution in [1.82, 2.24) is 5.16 Å². The van der Waals surface area contributed by atoms with Gasteiger partial charge in [0.05, 0.1) is 11.6 Å². The molecule has 0 bridgehead atoms. The van der Waals surface area contributed by atoms with Crippen molar-refractivity contribution >= 4 is 11.6 Å². The van der Waals surface area contributed by atoms with Crippen LogP contribution in [0, 0.1) is 0 Å². The van der Waals surface area contributed by atoms with Gasteiger partial charge < -0.3 is 9.26 Å². The first-order valence-electron chi connectivity index (χ1n) is 6.02. The molecule has 0 unspecified atom stereocenters. The summed E-state index contributed by atoms with van der Waals surface area (Å²) < 4.78 is 10.9. The molecule has 0 aromatic carbocycles. The van der Waals surface area contributed by atoms with Gasteiger partial charge >= 0.3 is 0 Å². The fraction of sp³-hybridized carbons (Fsp3) is 0.750. The van der Waals surface area contributed by atoms with Gasteiger partial charge in [-0.25, -0.2) is 0 Å². The van der Waals surface area contributed by atoms with Crippen molar-refractivity contribution in [2.24, 2.45) is 0 Å². The normalized spacial score (nSPS) is 22.6. The largest absolute Gasteiger partial charge is 0.381 e. The fourth-order valence-electron chi connectivity index (χ4n) is 2.43. The van der Waals surface area contributed by atoms with Gasteiger partial charge in [0, 0.05) is 30.6 Å². The molecule has 0 radical (unpaired) electrons. The van der Waals surface area contributed by atoms with E-state index < -0.39 is 0 Å². The Hall–Kier alpha value is -0.540. The molecule has 0 atom stereocenters. The molecule has 0 spiro atoms. The van der Waals surface area contributed by atoms with Crippen molar-refractivity contribution in [3.63, 3.8) is 0 Å². The van der Waals surface area contributed by atoms with Crippen molar-refractivity contribution in [1.29, 1.82) is 0 Å². The van der Waals surface area contributed by atoms with Gasteiger partial charge in [0.15, 0.2) is 0 Å². The molecule has 0 N–H and O–H groups in total. The van der Waals surface area contributed by atoms with Gasteiger partial charge in [0.25, 0.3) is 0 Å². The van der Waals surface area contributed by atoms with Gasteiger partial charge in [-0.1, -0.05) is 5.16 Å². The molecular formula is C12H16ClNO2. The van der Waals surface area contributed by atoms with Crippen molar-refractivity contribution < 1.29 is 9.26 Å². The van der Waals surface area contributed by atoms with E-state index in [1.165, 1.54) is 12.8 Å². The topological polar surface area (TPSA) is 35.3 Å². The molecule has 2 heterocycles. The van der Waals surface area contributed by atoms with Crippen LogP contribution in [0.5, 0.6) is 0 Å². The first kappa shape index (κ1) is 10.6. The molecule has 2 fully saturated rings. The van der Waals surface area contributed by atoms with Gasteiger partial charge in [-0.3, -0.25) is 0 Å². The maximum atomic E-state index is 6.04. The van der Waals surface area contributed by atoms with Crippen LogP contribution in [-0.4, -0.2) is 18.4 Å². The van der Waals surface area contributed by atoms with Crippen molar-refractivity contribution in [3.05, 3.63) is 17.0 Å². The highest BCUT2D eigenvalue weighted by Crippen LogP contribution is 2.44. The highest BCUT2D eigenvalue weighted by atomic mass is 35.5. The Morgan fingerprint density at radius 1 is 1.12 bits per heavy atom. The van der Waals surface area contributed by atoms with E-state index in [0.717, 1.165) is 43.1 Å². The fourth-order valence-corrected chi connectivity index (χ4v) is 2.70. The number of rotatable bonds is 3. The second-order valence-electron chi connectivity index (χ2n) is 4.71. The highest BCUT2D eigenvalue weighted by molar-refractivity contribution is 6.17. The monoisotopic (exact) mass is 241 g/mol. The van der Waals surface area contributed by atoms with Gasteiger partial charge in [-0.05, 0) is 25.7 Å². The van der Waals surface area contributed by atoms with E-state index in [1.807, 2.05) is 0 Å². The van der Waals surface area contributed by atoms with Gasteiger partial charge in [-0.15, -0.1) is 11.6 Å². The lowest BCUT2D eigenvalue weighted by Crippen LogP contribution is -2.15. The van der Waals surface area contributed by atoms with E-state index in [4.69, 9.17) is 20.9 Å². The summed E-state index contributed by atoms with van der Waals surface area (Å²) in [6.45, 7) is 1.66. The zero-order chi connectivity index (χ0) is 11.0. The van der Waals surface area contributed by atoms with Crippen LogP contribution in [0.1, 0.15) is 54.5 Å². The van der Waals surface area contributed by atoms with Crippen LogP contribution in [0.4, 0.5) is 0 Å². The molecule has 1 aromatic rings. The van der Waals surface area contributed by atoms with Crippen molar-refractivity contribution in [2.75, 3.05) is 13.2 Å². The number of aromatic nitrogens is 1. The zero-order valence-corrected chi connectivity index (χ0v) is 10.0. The van der Waals surface area contributed by atoms with Crippen LogP contribution in [0.25, 0.3) is 0 Å². The Labute approximate surface area is 100 Å². The lowest BCUT2D eigenvalue weighted by atomic mass is 9.93. The van der Waals surface area contributed by atoms with E-state index >= 15 is 0 Å². The number of alkyl halides is 1. The van der Waals surface area contributed by atoms with Gasteiger partial charge in [0.2, 0.25) is 0 Å². The van der Waals surface area contributed by atoms with Crippen LogP contribution in [0.2, 0.25) is 0 Å². The minimum absolute atomic E-state index is 0.485. The predicted molar refractivity (Wildman–Crippen MR) is 60.8 cm³/mol. The SMILES string of the molecule is ClCc1c(C2CCOCC2)noc1C1CC1. The van der Waals surface area contributed by atoms with E-state index in [2.05, 4.69) is 5.16 Å². The van der Waals surface area contributed by atoms with Gasteiger partial charge in [0.1, 0.15) is 5.76 Å². The molecule has 1 saturated carbocycles.